The zero-order valence-electron chi connectivity index (χ0n) is 27.7. The summed E-state index contributed by atoms with van der Waals surface area (Å²) in [6.45, 7) is 0.758. The number of likely N-dealkylation sites (tertiary alicyclic amines) is 1. The van der Waals surface area contributed by atoms with Crippen LogP contribution in [0.5, 0.6) is 0 Å². The summed E-state index contributed by atoms with van der Waals surface area (Å²) in [5, 5.41) is 2.98. The van der Waals surface area contributed by atoms with Crippen LogP contribution in [0, 0.1) is 0 Å². The highest BCUT2D eigenvalue weighted by Gasteiger charge is 2.37. The van der Waals surface area contributed by atoms with Crippen molar-refractivity contribution in [2.75, 3.05) is 13.2 Å². The Bertz CT molecular complexity index is 2060. The smallest absolute Gasteiger partial charge is 0.407 e. The Morgan fingerprint density at radius 3 is 2.04 bits per heavy atom. The van der Waals surface area contributed by atoms with E-state index >= 15 is 0 Å². The van der Waals surface area contributed by atoms with Gasteiger partial charge in [-0.05, 0) is 57.3 Å². The first kappa shape index (κ1) is 31.3. The normalized spacial score (nSPS) is 15.7. The summed E-state index contributed by atoms with van der Waals surface area (Å²) < 4.78 is 5.92. The molecule has 7 heteroatoms. The fourth-order valence-corrected chi connectivity index (χ4v) is 7.47. The molecule has 0 unspecified atom stereocenters. The van der Waals surface area contributed by atoms with Crippen LogP contribution in [0.25, 0.3) is 33.5 Å². The van der Waals surface area contributed by atoms with E-state index in [4.69, 9.17) is 9.72 Å². The SMILES string of the molecule is O=C(N[C@@H](Cc1ccc(-c2ccccc2)cc1)C(=O)N1CCC[C@H]1c1ncc(-c2ccccc2)[nH]1)OCC1c2ccccc2-c2ccccc21. The molecule has 5 aromatic carbocycles. The van der Waals surface area contributed by atoms with Gasteiger partial charge in [0.25, 0.3) is 0 Å². The van der Waals surface area contributed by atoms with Gasteiger partial charge < -0.3 is 19.9 Å². The number of alkyl carbamates (subject to hydrolysis) is 1. The molecule has 2 aliphatic rings. The minimum absolute atomic E-state index is 0.0754. The fourth-order valence-electron chi connectivity index (χ4n) is 7.47. The number of ether oxygens (including phenoxy) is 1. The Morgan fingerprint density at radius 1 is 0.760 bits per heavy atom. The van der Waals surface area contributed by atoms with Crippen molar-refractivity contribution in [3.8, 4) is 33.5 Å². The number of hydrogen-bond donors (Lipinski definition) is 2. The molecule has 0 saturated carbocycles. The molecular weight excluding hydrogens is 620 g/mol. The number of imidazole rings is 1. The highest BCUT2D eigenvalue weighted by Crippen LogP contribution is 2.44. The maximum absolute atomic E-state index is 14.4. The fraction of sp³-hybridized carbons (Fsp3) is 0.186. The van der Waals surface area contributed by atoms with Crippen molar-refractivity contribution in [2.24, 2.45) is 0 Å². The van der Waals surface area contributed by atoms with Crippen molar-refractivity contribution in [1.82, 2.24) is 20.2 Å². The zero-order valence-corrected chi connectivity index (χ0v) is 27.7. The van der Waals surface area contributed by atoms with E-state index in [-0.39, 0.29) is 24.5 Å². The molecule has 6 aromatic rings. The van der Waals surface area contributed by atoms with Gasteiger partial charge in [0.15, 0.2) is 0 Å². The molecular formula is C43H38N4O3. The molecule has 2 atom stereocenters. The zero-order chi connectivity index (χ0) is 33.9. The van der Waals surface area contributed by atoms with Gasteiger partial charge in [0.1, 0.15) is 18.5 Å². The lowest BCUT2D eigenvalue weighted by Gasteiger charge is -2.28. The first-order valence-electron chi connectivity index (χ1n) is 17.3. The van der Waals surface area contributed by atoms with Crippen LogP contribution in [-0.2, 0) is 16.0 Å². The lowest BCUT2D eigenvalue weighted by molar-refractivity contribution is -0.134. The van der Waals surface area contributed by atoms with Gasteiger partial charge in [-0.3, -0.25) is 4.79 Å². The van der Waals surface area contributed by atoms with E-state index in [9.17, 15) is 9.59 Å². The molecule has 248 valence electrons. The first-order valence-corrected chi connectivity index (χ1v) is 17.3. The molecule has 7 nitrogen and oxygen atoms in total. The number of aromatic nitrogens is 2. The third-order valence-corrected chi connectivity index (χ3v) is 9.97. The molecule has 1 aliphatic heterocycles. The van der Waals surface area contributed by atoms with E-state index in [1.807, 2.05) is 96.0 Å². The number of benzene rings is 5. The van der Waals surface area contributed by atoms with Crippen molar-refractivity contribution < 1.29 is 14.3 Å². The van der Waals surface area contributed by atoms with E-state index in [2.05, 4.69) is 58.8 Å². The van der Waals surface area contributed by atoms with Gasteiger partial charge >= 0.3 is 6.09 Å². The topological polar surface area (TPSA) is 87.3 Å². The summed E-state index contributed by atoms with van der Waals surface area (Å²) in [6, 6.07) is 43.9. The van der Waals surface area contributed by atoms with Crippen molar-refractivity contribution in [2.45, 2.75) is 37.3 Å². The molecule has 0 spiro atoms. The van der Waals surface area contributed by atoms with Crippen LogP contribution in [0.3, 0.4) is 0 Å². The summed E-state index contributed by atoms with van der Waals surface area (Å²) >= 11 is 0. The highest BCUT2D eigenvalue weighted by atomic mass is 16.5. The van der Waals surface area contributed by atoms with Gasteiger partial charge in [-0.25, -0.2) is 9.78 Å². The molecule has 2 heterocycles. The predicted octanol–water partition coefficient (Wildman–Crippen LogP) is 8.56. The second kappa shape index (κ2) is 13.9. The van der Waals surface area contributed by atoms with Crippen LogP contribution in [0.2, 0.25) is 0 Å². The van der Waals surface area contributed by atoms with Gasteiger partial charge in [-0.15, -0.1) is 0 Å². The predicted molar refractivity (Wildman–Crippen MR) is 195 cm³/mol. The van der Waals surface area contributed by atoms with Gasteiger partial charge in [0.05, 0.1) is 17.9 Å². The van der Waals surface area contributed by atoms with Crippen LogP contribution >= 0.6 is 0 Å². The van der Waals surface area contributed by atoms with Crippen molar-refractivity contribution >= 4 is 12.0 Å². The second-order valence-corrected chi connectivity index (χ2v) is 13.0. The first-order chi connectivity index (χ1) is 24.6. The van der Waals surface area contributed by atoms with Gasteiger partial charge in [0, 0.05) is 18.9 Å². The number of nitrogens with one attached hydrogen (secondary N) is 2. The lowest BCUT2D eigenvalue weighted by Crippen LogP contribution is -2.49. The third kappa shape index (κ3) is 6.30. The Labute approximate surface area is 292 Å². The number of carbonyl (C=O) groups excluding carboxylic acids is 2. The Morgan fingerprint density at radius 2 is 1.36 bits per heavy atom. The summed E-state index contributed by atoms with van der Waals surface area (Å²) in [7, 11) is 0. The molecule has 0 bridgehead atoms. The van der Waals surface area contributed by atoms with Gasteiger partial charge in [-0.2, -0.15) is 0 Å². The van der Waals surface area contributed by atoms with E-state index in [1.54, 1.807) is 0 Å². The van der Waals surface area contributed by atoms with Crippen LogP contribution < -0.4 is 5.32 Å². The van der Waals surface area contributed by atoms with Crippen molar-refractivity contribution in [3.63, 3.8) is 0 Å². The number of rotatable bonds is 9. The summed E-state index contributed by atoms with van der Waals surface area (Å²) in [5.74, 6) is 0.529. The monoisotopic (exact) mass is 658 g/mol. The second-order valence-electron chi connectivity index (χ2n) is 13.0. The van der Waals surface area contributed by atoms with E-state index in [0.717, 1.165) is 68.9 Å². The number of amides is 2. The highest BCUT2D eigenvalue weighted by molar-refractivity contribution is 5.87. The largest absolute Gasteiger partial charge is 0.449 e. The third-order valence-electron chi connectivity index (χ3n) is 9.97. The van der Waals surface area contributed by atoms with Crippen LogP contribution in [0.1, 0.15) is 47.3 Å². The van der Waals surface area contributed by atoms with E-state index in [1.165, 1.54) is 0 Å². The molecule has 8 rings (SSSR count). The molecule has 2 N–H and O–H groups in total. The summed E-state index contributed by atoms with van der Waals surface area (Å²) in [4.78, 5) is 38.0. The quantitative estimate of drug-likeness (QED) is 0.163. The molecule has 1 saturated heterocycles. The Balaban J connectivity index is 1.02. The van der Waals surface area contributed by atoms with Crippen LogP contribution in [0.15, 0.2) is 140 Å². The van der Waals surface area contributed by atoms with Crippen LogP contribution in [0.4, 0.5) is 4.79 Å². The molecule has 50 heavy (non-hydrogen) atoms. The molecule has 1 fully saturated rings. The van der Waals surface area contributed by atoms with E-state index < -0.39 is 12.1 Å². The average Bonchev–Trinajstić information content (AvgIpc) is 3.93. The standard InChI is InChI=1S/C43H38N4O3/c48-42(47-25-11-20-40(47)41-44-27-39(45-41)32-14-5-2-6-15-32)38(26-29-21-23-31(24-22-29)30-12-3-1-4-13-30)46-43(49)50-28-37-35-18-9-7-16-33(35)34-17-8-10-19-36(34)37/h1-10,12-19,21-24,27,37-38,40H,11,20,25-26,28H2,(H,44,45)(H,46,49)/t38-,40-/m0/s1. The number of fused-ring (bicyclic) bond motifs is 3. The number of aromatic amines is 1. The van der Waals surface area contributed by atoms with Crippen molar-refractivity contribution in [1.29, 1.82) is 0 Å². The van der Waals surface area contributed by atoms with Crippen LogP contribution in [-0.4, -0.2) is 46.1 Å². The maximum Gasteiger partial charge on any atom is 0.407 e. The summed E-state index contributed by atoms with van der Waals surface area (Å²) in [5.41, 5.74) is 9.71. The lowest BCUT2D eigenvalue weighted by atomic mass is 9.98. The Kier molecular flexibility index (Phi) is 8.70. The number of nitrogens with zero attached hydrogens (tertiary/aromatic N) is 2. The number of hydrogen-bond acceptors (Lipinski definition) is 4. The maximum atomic E-state index is 14.4. The molecule has 1 aliphatic carbocycles. The summed E-state index contributed by atoms with van der Waals surface area (Å²) in [6.07, 6.45) is 3.19. The molecule has 2 amide bonds. The minimum Gasteiger partial charge on any atom is -0.449 e. The minimum atomic E-state index is -0.822. The van der Waals surface area contributed by atoms with Gasteiger partial charge in [0.2, 0.25) is 5.91 Å². The molecule has 1 aromatic heterocycles. The number of carbonyl (C=O) groups is 2. The van der Waals surface area contributed by atoms with Crippen molar-refractivity contribution in [3.05, 3.63) is 162 Å². The number of H-pyrrole nitrogens is 1. The van der Waals surface area contributed by atoms with E-state index in [0.29, 0.717) is 13.0 Å². The Hall–Kier alpha value is -5.95. The average molecular weight is 659 g/mol. The molecule has 0 radical (unpaired) electrons. The van der Waals surface area contributed by atoms with Gasteiger partial charge in [-0.1, -0.05) is 133 Å².